The van der Waals surface area contributed by atoms with Crippen LogP contribution in [0.3, 0.4) is 0 Å². The molecule has 0 aromatic heterocycles. The largest absolute Gasteiger partial charge is 0.481 e. The second-order valence-electron chi connectivity index (χ2n) is 4.14. The first-order valence-electron chi connectivity index (χ1n) is 5.74. The Balaban J connectivity index is 2.22. The van der Waals surface area contributed by atoms with Gasteiger partial charge in [0, 0.05) is 19.7 Å². The van der Waals surface area contributed by atoms with Crippen LogP contribution in [0.25, 0.3) is 0 Å². The lowest BCUT2D eigenvalue weighted by atomic mass is 10.0. The van der Waals surface area contributed by atoms with Gasteiger partial charge in [-0.3, -0.25) is 9.69 Å². The second kappa shape index (κ2) is 7.60. The lowest BCUT2D eigenvalue weighted by Gasteiger charge is -2.25. The van der Waals surface area contributed by atoms with E-state index >= 15 is 0 Å². The molecule has 0 bridgehead atoms. The Morgan fingerprint density at radius 2 is 2.18 bits per heavy atom. The molecule has 0 amide bonds. The Hall–Kier alpha value is -0.690. The lowest BCUT2D eigenvalue weighted by molar-refractivity contribution is -0.143. The molecule has 1 aliphatic rings. The van der Waals surface area contributed by atoms with Crippen LogP contribution in [0.2, 0.25) is 0 Å². The fourth-order valence-corrected chi connectivity index (χ4v) is 1.83. The summed E-state index contributed by atoms with van der Waals surface area (Å²) < 4.78 is 15.4. The van der Waals surface area contributed by atoms with Crippen molar-refractivity contribution in [1.82, 2.24) is 4.90 Å². The first-order chi connectivity index (χ1) is 8.16. The summed E-state index contributed by atoms with van der Waals surface area (Å²) in [7, 11) is 3.53. The molecule has 100 valence electrons. The lowest BCUT2D eigenvalue weighted by Crippen LogP contribution is -2.42. The predicted octanol–water partition coefficient (Wildman–Crippen LogP) is -0.319. The van der Waals surface area contributed by atoms with Gasteiger partial charge in [-0.05, 0) is 7.05 Å². The summed E-state index contributed by atoms with van der Waals surface area (Å²) >= 11 is 0. The monoisotopic (exact) mass is 247 g/mol. The molecule has 6 heteroatoms. The van der Waals surface area contributed by atoms with E-state index in [1.165, 1.54) is 0 Å². The van der Waals surface area contributed by atoms with Crippen LogP contribution in [0.1, 0.15) is 0 Å². The van der Waals surface area contributed by atoms with Crippen LogP contribution in [0, 0.1) is 5.92 Å². The van der Waals surface area contributed by atoms with Gasteiger partial charge < -0.3 is 19.3 Å². The number of hydrogen-bond acceptors (Lipinski definition) is 5. The summed E-state index contributed by atoms with van der Waals surface area (Å²) in [4.78, 5) is 13.0. The van der Waals surface area contributed by atoms with E-state index in [1.807, 2.05) is 11.9 Å². The Kier molecular flexibility index (Phi) is 6.43. The van der Waals surface area contributed by atoms with Gasteiger partial charge >= 0.3 is 5.97 Å². The van der Waals surface area contributed by atoms with Gasteiger partial charge in [-0.1, -0.05) is 0 Å². The number of likely N-dealkylation sites (N-methyl/N-ethyl adjacent to an activating group) is 1. The van der Waals surface area contributed by atoms with Gasteiger partial charge in [-0.25, -0.2) is 0 Å². The van der Waals surface area contributed by atoms with Crippen LogP contribution in [-0.4, -0.2) is 75.8 Å². The molecule has 0 spiro atoms. The zero-order valence-electron chi connectivity index (χ0n) is 10.4. The third-order valence-corrected chi connectivity index (χ3v) is 2.95. The van der Waals surface area contributed by atoms with Gasteiger partial charge in [0.25, 0.3) is 0 Å². The van der Waals surface area contributed by atoms with Crippen LogP contribution >= 0.6 is 0 Å². The molecule has 0 aromatic rings. The van der Waals surface area contributed by atoms with E-state index in [0.717, 1.165) is 0 Å². The van der Waals surface area contributed by atoms with Crippen molar-refractivity contribution in [1.29, 1.82) is 0 Å². The van der Waals surface area contributed by atoms with Crippen LogP contribution in [0.5, 0.6) is 0 Å². The fraction of sp³-hybridized carbons (Fsp3) is 0.909. The van der Waals surface area contributed by atoms with Crippen LogP contribution in [0.4, 0.5) is 0 Å². The summed E-state index contributed by atoms with van der Waals surface area (Å²) in [6, 6.07) is -0.0569. The molecule has 1 heterocycles. The molecule has 0 saturated carbocycles. The van der Waals surface area contributed by atoms with Crippen molar-refractivity contribution in [3.05, 3.63) is 0 Å². The standard InChI is InChI=1S/C11H21NO5/c1-12(3-4-16-6-5-15-2)10-8-17-7-9(10)11(13)14/h9-10H,3-8H2,1-2H3,(H,13,14). The third kappa shape index (κ3) is 4.59. The van der Waals surface area contributed by atoms with E-state index in [0.29, 0.717) is 39.6 Å². The summed E-state index contributed by atoms with van der Waals surface area (Å²) in [5.74, 6) is -1.22. The summed E-state index contributed by atoms with van der Waals surface area (Å²) in [6.07, 6.45) is 0. The van der Waals surface area contributed by atoms with Gasteiger partial charge in [0.2, 0.25) is 0 Å². The number of rotatable bonds is 8. The predicted molar refractivity (Wildman–Crippen MR) is 61.1 cm³/mol. The molecule has 17 heavy (non-hydrogen) atoms. The topological polar surface area (TPSA) is 68.2 Å². The number of hydrogen-bond donors (Lipinski definition) is 1. The molecule has 0 aromatic carbocycles. The Morgan fingerprint density at radius 1 is 1.41 bits per heavy atom. The average Bonchev–Trinajstić information content (AvgIpc) is 2.77. The quantitative estimate of drug-likeness (QED) is 0.593. The van der Waals surface area contributed by atoms with Crippen LogP contribution in [-0.2, 0) is 19.0 Å². The number of methoxy groups -OCH3 is 1. The Bertz CT molecular complexity index is 236. The first-order valence-corrected chi connectivity index (χ1v) is 5.74. The van der Waals surface area contributed by atoms with Gasteiger partial charge in [-0.2, -0.15) is 0 Å². The number of nitrogens with zero attached hydrogens (tertiary/aromatic N) is 1. The summed E-state index contributed by atoms with van der Waals surface area (Å²) in [5, 5.41) is 9.02. The highest BCUT2D eigenvalue weighted by atomic mass is 16.5. The van der Waals surface area contributed by atoms with Crippen molar-refractivity contribution in [2.75, 3.05) is 53.7 Å². The normalized spacial score (nSPS) is 24.4. The van der Waals surface area contributed by atoms with E-state index in [-0.39, 0.29) is 6.04 Å². The maximum absolute atomic E-state index is 11.0. The van der Waals surface area contributed by atoms with Gasteiger partial charge in [0.05, 0.1) is 39.0 Å². The van der Waals surface area contributed by atoms with Crippen molar-refractivity contribution in [3.63, 3.8) is 0 Å². The zero-order valence-corrected chi connectivity index (χ0v) is 10.4. The van der Waals surface area contributed by atoms with Crippen molar-refractivity contribution in [3.8, 4) is 0 Å². The number of carboxylic acids is 1. The smallest absolute Gasteiger partial charge is 0.310 e. The fourth-order valence-electron chi connectivity index (χ4n) is 1.83. The van der Waals surface area contributed by atoms with Gasteiger partial charge in [0.1, 0.15) is 0 Å². The minimum atomic E-state index is -0.792. The van der Waals surface area contributed by atoms with E-state index in [4.69, 9.17) is 19.3 Å². The molecule has 6 nitrogen and oxygen atoms in total. The summed E-state index contributed by atoms with van der Waals surface area (Å²) in [5.41, 5.74) is 0. The number of carboxylic acid groups (broad SMARTS) is 1. The van der Waals surface area contributed by atoms with Gasteiger partial charge in [0.15, 0.2) is 0 Å². The molecule has 2 unspecified atom stereocenters. The highest BCUT2D eigenvalue weighted by Crippen LogP contribution is 2.18. The molecule has 0 radical (unpaired) electrons. The average molecular weight is 247 g/mol. The van der Waals surface area contributed by atoms with Crippen molar-refractivity contribution < 1.29 is 24.1 Å². The molecule has 1 N–H and O–H groups in total. The zero-order chi connectivity index (χ0) is 12.7. The van der Waals surface area contributed by atoms with E-state index in [9.17, 15) is 4.79 Å². The molecule has 0 aliphatic carbocycles. The summed E-state index contributed by atoms with van der Waals surface area (Å²) in [6.45, 7) is 3.19. The molecule has 1 fully saturated rings. The first kappa shape index (κ1) is 14.4. The number of carbonyl (C=O) groups is 1. The minimum absolute atomic E-state index is 0.0569. The van der Waals surface area contributed by atoms with E-state index in [2.05, 4.69) is 0 Å². The second-order valence-corrected chi connectivity index (χ2v) is 4.14. The Morgan fingerprint density at radius 3 is 2.82 bits per heavy atom. The molecular weight excluding hydrogens is 226 g/mol. The number of ether oxygens (including phenoxy) is 3. The van der Waals surface area contributed by atoms with Crippen molar-refractivity contribution >= 4 is 5.97 Å². The number of aliphatic carboxylic acids is 1. The van der Waals surface area contributed by atoms with Crippen LogP contribution in [0.15, 0.2) is 0 Å². The van der Waals surface area contributed by atoms with Gasteiger partial charge in [-0.15, -0.1) is 0 Å². The molecular formula is C11H21NO5. The minimum Gasteiger partial charge on any atom is -0.481 e. The third-order valence-electron chi connectivity index (χ3n) is 2.95. The maximum atomic E-state index is 11.0. The highest BCUT2D eigenvalue weighted by Gasteiger charge is 2.36. The van der Waals surface area contributed by atoms with E-state index < -0.39 is 11.9 Å². The van der Waals surface area contributed by atoms with Crippen molar-refractivity contribution in [2.45, 2.75) is 6.04 Å². The molecule has 1 saturated heterocycles. The molecule has 1 aliphatic heterocycles. The highest BCUT2D eigenvalue weighted by molar-refractivity contribution is 5.71. The SMILES string of the molecule is COCCOCCN(C)C1COCC1C(=O)O. The van der Waals surface area contributed by atoms with E-state index in [1.54, 1.807) is 7.11 Å². The maximum Gasteiger partial charge on any atom is 0.310 e. The Labute approximate surface area is 101 Å². The molecule has 1 rings (SSSR count). The molecule has 2 atom stereocenters. The van der Waals surface area contributed by atoms with Crippen molar-refractivity contribution in [2.24, 2.45) is 5.92 Å². The van der Waals surface area contributed by atoms with Crippen LogP contribution < -0.4 is 0 Å².